The van der Waals surface area contributed by atoms with Crippen molar-refractivity contribution in [1.82, 2.24) is 4.65 Å². The highest BCUT2D eigenvalue weighted by Crippen LogP contribution is 1.05. The van der Waals surface area contributed by atoms with Crippen LogP contribution in [0.5, 0.6) is 0 Å². The minimum atomic E-state index is -0.264. The Balaban J connectivity index is 1.97. The Kier molecular flexibility index (Phi) is 3.65. The molecule has 0 aromatic carbocycles. The third-order valence-corrected chi connectivity index (χ3v) is 1.84. The molecule has 0 amide bonds. The number of nitrogens with one attached hydrogen (secondary N) is 1. The monoisotopic (exact) mass is 92.0 g/mol. The van der Waals surface area contributed by atoms with Crippen LogP contribution >= 0.6 is 0 Å². The topological polar surface area (TPSA) is 38.0 Å². The van der Waals surface area contributed by atoms with Gasteiger partial charge in [0.25, 0.3) is 0 Å². The van der Waals surface area contributed by atoms with Crippen LogP contribution in [0.4, 0.5) is 0 Å². The zero-order chi connectivity index (χ0) is 3.41. The molecule has 0 aromatic rings. The van der Waals surface area contributed by atoms with Crippen molar-refractivity contribution in [2.45, 2.75) is 0 Å². The molecule has 0 radical (unpaired) electrons. The predicted octanol–water partition coefficient (Wildman–Crippen LogP) is -3.19. The van der Waals surface area contributed by atoms with Crippen LogP contribution in [0, 0.1) is 0 Å². The Hall–Kier alpha value is 0.354. The fourth-order valence-electron chi connectivity index (χ4n) is 0. The van der Waals surface area contributed by atoms with Crippen LogP contribution in [0.1, 0.15) is 0 Å². The molecule has 0 heterocycles. The molecule has 0 spiro atoms. The summed E-state index contributed by atoms with van der Waals surface area (Å²) in [6, 6.07) is 0. The zero-order valence-corrected chi connectivity index (χ0v) is 6.20. The summed E-state index contributed by atoms with van der Waals surface area (Å²) in [5.41, 5.74) is 0. The van der Waals surface area contributed by atoms with Crippen molar-refractivity contribution in [3.8, 4) is 0 Å². The maximum Gasteiger partial charge on any atom is 0.157 e. The summed E-state index contributed by atoms with van der Waals surface area (Å²) in [6.07, 6.45) is 0. The maximum absolute atomic E-state index is 5.09. The van der Waals surface area contributed by atoms with Crippen LogP contribution in [0.2, 0.25) is 0 Å². The Morgan fingerprint density at radius 1 is 2.00 bits per heavy atom. The van der Waals surface area contributed by atoms with Crippen LogP contribution < -0.4 is 10.0 Å². The van der Waals surface area contributed by atoms with Crippen LogP contribution in [-0.2, 0) is 0 Å². The summed E-state index contributed by atoms with van der Waals surface area (Å²) in [5, 5.41) is 5.09. The molecule has 0 fully saturated rings. The molecule has 0 saturated heterocycles. The molecular weight excluding hydrogens is 84.2 g/mol. The van der Waals surface area contributed by atoms with Crippen LogP contribution in [0.3, 0.4) is 0 Å². The van der Waals surface area contributed by atoms with E-state index in [1.54, 1.807) is 0 Å². The van der Waals surface area contributed by atoms with Gasteiger partial charge in [0.1, 0.15) is 0 Å². The van der Waals surface area contributed by atoms with Gasteiger partial charge in [-0.2, -0.15) is 0 Å². The highest BCUT2D eigenvalue weighted by atomic mass is 28.3. The molecule has 0 saturated carbocycles. The predicted molar refractivity (Wildman–Crippen MR) is 25.8 cm³/mol. The van der Waals surface area contributed by atoms with Crippen molar-refractivity contribution in [1.29, 1.82) is 0 Å². The highest BCUT2D eigenvalue weighted by molar-refractivity contribution is 6.38. The normalized spacial score (nSPS) is 11.2. The van der Waals surface area contributed by atoms with Crippen molar-refractivity contribution in [2.24, 2.45) is 5.40 Å². The first-order chi connectivity index (χ1) is 1.91. The molecule has 0 bridgehead atoms. The van der Waals surface area contributed by atoms with E-state index in [0.29, 0.717) is 0 Å². The van der Waals surface area contributed by atoms with E-state index in [1.165, 1.54) is 0 Å². The second kappa shape index (κ2) is 3.35. The summed E-state index contributed by atoms with van der Waals surface area (Å²) in [7, 11) is 0.812. The van der Waals surface area contributed by atoms with Gasteiger partial charge in [0.05, 0.1) is 10.4 Å². The molecule has 0 atom stereocenters. The fraction of sp³-hybridized carbons (Fsp3) is 0. The first-order valence-electron chi connectivity index (χ1n) is 1.26. The van der Waals surface area contributed by atoms with E-state index in [0.717, 1.165) is 10.4 Å². The molecule has 4 heavy (non-hydrogen) atoms. The van der Waals surface area contributed by atoms with Crippen molar-refractivity contribution < 1.29 is 0 Å². The lowest BCUT2D eigenvalue weighted by Crippen LogP contribution is -2.23. The number of rotatable bonds is 1. The fourth-order valence-corrected chi connectivity index (χ4v) is 0. The highest BCUT2D eigenvalue weighted by Gasteiger charge is 1.53. The molecule has 0 unspecified atom stereocenters. The average molecular weight is 92.2 g/mol. The van der Waals surface area contributed by atoms with Gasteiger partial charge in [-0.05, 0) is 0 Å². The molecule has 3 N–H and O–H groups in total. The Morgan fingerprint density at radius 3 is 2.25 bits per heavy atom. The van der Waals surface area contributed by atoms with Crippen LogP contribution in [-0.4, -0.2) is 20.2 Å². The summed E-state index contributed by atoms with van der Waals surface area (Å²) in [6.45, 7) is 0. The summed E-state index contributed by atoms with van der Waals surface area (Å²) in [4.78, 5) is 0. The Bertz CT molecular complexity index is 6.00. The lowest BCUT2D eigenvalue weighted by atomic mass is 13.8. The first kappa shape index (κ1) is 4.35. The Labute approximate surface area is 31.2 Å². The zero-order valence-electron chi connectivity index (χ0n) is 2.78. The SMILES string of the molecule is N[SiH2]N[SiH3]. The quantitative estimate of drug-likeness (QED) is 0.335. The van der Waals surface area contributed by atoms with E-state index < -0.39 is 0 Å². The molecule has 0 aliphatic carbocycles. The summed E-state index contributed by atoms with van der Waals surface area (Å²) < 4.78 is 2.99. The van der Waals surface area contributed by atoms with Crippen molar-refractivity contribution in [3.63, 3.8) is 0 Å². The van der Waals surface area contributed by atoms with Gasteiger partial charge in [-0.1, -0.05) is 0 Å². The van der Waals surface area contributed by atoms with E-state index in [-0.39, 0.29) is 9.84 Å². The minimum Gasteiger partial charge on any atom is -0.360 e. The standard InChI is InChI=1S/H8N2Si2/c1-4-2-3/h2H,1,4H2,3H3. The van der Waals surface area contributed by atoms with E-state index in [1.807, 2.05) is 0 Å². The van der Waals surface area contributed by atoms with Gasteiger partial charge >= 0.3 is 0 Å². The van der Waals surface area contributed by atoms with Gasteiger partial charge in [-0.25, -0.2) is 0 Å². The summed E-state index contributed by atoms with van der Waals surface area (Å²) in [5.74, 6) is 0. The van der Waals surface area contributed by atoms with Crippen LogP contribution in [0.15, 0.2) is 0 Å². The number of hydrogen-bond donors (Lipinski definition) is 2. The first-order valence-corrected chi connectivity index (χ1v) is 3.79. The molecule has 26 valence electrons. The second-order valence-corrected chi connectivity index (χ2v) is 3.79. The summed E-state index contributed by atoms with van der Waals surface area (Å²) >= 11 is 0. The second-order valence-electron chi connectivity index (χ2n) is 0.558. The molecule has 0 rings (SSSR count). The van der Waals surface area contributed by atoms with E-state index in [2.05, 4.69) is 4.65 Å². The molecule has 0 aliphatic heterocycles. The smallest absolute Gasteiger partial charge is 0.157 e. The molecule has 4 heteroatoms. The van der Waals surface area contributed by atoms with Crippen LogP contribution in [0.25, 0.3) is 0 Å². The van der Waals surface area contributed by atoms with Gasteiger partial charge < -0.3 is 10.0 Å². The number of nitrogens with two attached hydrogens (primary N) is 1. The van der Waals surface area contributed by atoms with Gasteiger partial charge in [0, 0.05) is 0 Å². The average Bonchev–Trinajstić information content (AvgIpc) is 1.37. The van der Waals surface area contributed by atoms with Gasteiger partial charge in [0.2, 0.25) is 0 Å². The Morgan fingerprint density at radius 2 is 2.25 bits per heavy atom. The lowest BCUT2D eigenvalue weighted by molar-refractivity contribution is 1.57. The van der Waals surface area contributed by atoms with Gasteiger partial charge in [-0.15, -0.1) is 0 Å². The molecule has 2 nitrogen and oxygen atoms in total. The van der Waals surface area contributed by atoms with E-state index >= 15 is 0 Å². The number of hydrogen-bond acceptors (Lipinski definition) is 2. The lowest BCUT2D eigenvalue weighted by Gasteiger charge is -1.75. The minimum absolute atomic E-state index is 0.264. The molecule has 0 aromatic heterocycles. The van der Waals surface area contributed by atoms with E-state index in [4.69, 9.17) is 5.40 Å². The molecular formula is H8N2Si2. The molecule has 0 aliphatic rings. The largest absolute Gasteiger partial charge is 0.360 e. The van der Waals surface area contributed by atoms with Crippen molar-refractivity contribution in [3.05, 3.63) is 0 Å². The third-order valence-electron chi connectivity index (χ3n) is 0.204. The van der Waals surface area contributed by atoms with Crippen molar-refractivity contribution in [2.75, 3.05) is 0 Å². The van der Waals surface area contributed by atoms with E-state index in [9.17, 15) is 0 Å². The van der Waals surface area contributed by atoms with Gasteiger partial charge in [0.15, 0.2) is 9.84 Å². The maximum atomic E-state index is 5.09. The van der Waals surface area contributed by atoms with Gasteiger partial charge in [-0.3, -0.25) is 0 Å². The third kappa shape index (κ3) is 2.35. The van der Waals surface area contributed by atoms with Crippen molar-refractivity contribution >= 4 is 20.2 Å².